The lowest BCUT2D eigenvalue weighted by Gasteiger charge is -2.32. The maximum Gasteiger partial charge on any atom is 0.422 e. The highest BCUT2D eigenvalue weighted by molar-refractivity contribution is 5.80. The summed E-state index contributed by atoms with van der Waals surface area (Å²) in [6.07, 6.45) is -0.197. The molecule has 6 heteroatoms. The molecule has 4 rings (SSSR count). The Labute approximate surface area is 162 Å². The number of benzene rings is 2. The highest BCUT2D eigenvalue weighted by atomic mass is 19.4. The molecule has 148 valence electrons. The number of likely N-dealkylation sites (tertiary alicyclic amines) is 1. The smallest absolute Gasteiger partial charge is 0.422 e. The van der Waals surface area contributed by atoms with E-state index in [1.54, 1.807) is 18.2 Å². The summed E-state index contributed by atoms with van der Waals surface area (Å²) in [6.45, 7) is 1.42. The molecule has 0 atom stereocenters. The molecular weight excluding hydrogens is 365 g/mol. The molecule has 28 heavy (non-hydrogen) atoms. The van der Waals surface area contributed by atoms with Crippen molar-refractivity contribution in [2.45, 2.75) is 31.5 Å². The van der Waals surface area contributed by atoms with Gasteiger partial charge in [-0.1, -0.05) is 24.3 Å². The Balaban J connectivity index is 1.33. The van der Waals surface area contributed by atoms with Gasteiger partial charge in [0.05, 0.1) is 0 Å². The molecule has 0 saturated carbocycles. The molecule has 1 saturated heterocycles. The van der Waals surface area contributed by atoms with Gasteiger partial charge in [-0.25, -0.2) is 0 Å². The van der Waals surface area contributed by atoms with E-state index < -0.39 is 12.8 Å². The molecule has 0 spiro atoms. The first kappa shape index (κ1) is 18.9. The average molecular weight is 388 g/mol. The van der Waals surface area contributed by atoms with Crippen LogP contribution < -0.4 is 4.74 Å². The third-order valence-corrected chi connectivity index (χ3v) is 5.35. The second-order valence-electron chi connectivity index (χ2n) is 7.43. The fourth-order valence-electron chi connectivity index (χ4n) is 3.90. The topological polar surface area (TPSA) is 28.3 Å². The van der Waals surface area contributed by atoms with Gasteiger partial charge in [-0.3, -0.25) is 4.90 Å². The Morgan fingerprint density at radius 2 is 1.86 bits per heavy atom. The van der Waals surface area contributed by atoms with Crippen molar-refractivity contribution < 1.29 is 17.9 Å². The number of ether oxygens (including phenoxy) is 1. The summed E-state index contributed by atoms with van der Waals surface area (Å²) < 4.78 is 41.8. The SMILES string of the molecule is FC(F)(F)COc1cccc(CN2CCC(c3ccc4cc[nH]c4c3)CC2)c1. The molecule has 1 aliphatic rings. The summed E-state index contributed by atoms with van der Waals surface area (Å²) in [5, 5.41) is 1.23. The number of nitrogens with one attached hydrogen (secondary N) is 1. The second-order valence-corrected chi connectivity index (χ2v) is 7.43. The number of hydrogen-bond donors (Lipinski definition) is 1. The molecule has 2 aromatic carbocycles. The zero-order valence-corrected chi connectivity index (χ0v) is 15.5. The first-order valence-electron chi connectivity index (χ1n) is 9.54. The standard InChI is InChI=1S/C22H23F3N2O/c23-22(24,25)15-28-20-3-1-2-16(12-20)14-27-10-7-17(8-11-27)19-5-4-18-6-9-26-21(18)13-19/h1-6,9,12-13,17,26H,7-8,10-11,14-15H2. The number of nitrogens with zero attached hydrogens (tertiary/aromatic N) is 1. The van der Waals surface area contributed by atoms with Crippen LogP contribution in [0.4, 0.5) is 13.2 Å². The molecule has 0 aliphatic carbocycles. The molecule has 1 aliphatic heterocycles. The summed E-state index contributed by atoms with van der Waals surface area (Å²) in [5.74, 6) is 0.814. The van der Waals surface area contributed by atoms with Gasteiger partial charge in [0, 0.05) is 18.3 Å². The number of alkyl halides is 3. The first-order valence-corrected chi connectivity index (χ1v) is 9.54. The van der Waals surface area contributed by atoms with Crippen LogP contribution in [0.2, 0.25) is 0 Å². The lowest BCUT2D eigenvalue weighted by atomic mass is 9.89. The number of rotatable bonds is 5. The number of aromatic nitrogens is 1. The highest BCUT2D eigenvalue weighted by Gasteiger charge is 2.28. The van der Waals surface area contributed by atoms with Crippen molar-refractivity contribution in [1.29, 1.82) is 0 Å². The Bertz CT molecular complexity index is 927. The Morgan fingerprint density at radius 1 is 1.04 bits per heavy atom. The van der Waals surface area contributed by atoms with Gasteiger partial charge in [0.2, 0.25) is 0 Å². The van der Waals surface area contributed by atoms with Gasteiger partial charge in [-0.05, 0) is 72.6 Å². The number of halogens is 3. The number of fused-ring (bicyclic) bond motifs is 1. The molecule has 3 aromatic rings. The molecule has 1 N–H and O–H groups in total. The van der Waals surface area contributed by atoms with E-state index in [9.17, 15) is 13.2 Å². The summed E-state index contributed by atoms with van der Waals surface area (Å²) in [7, 11) is 0. The number of aromatic amines is 1. The predicted octanol–water partition coefficient (Wildman–Crippen LogP) is 5.49. The Morgan fingerprint density at radius 3 is 2.64 bits per heavy atom. The van der Waals surface area contributed by atoms with Crippen molar-refractivity contribution >= 4 is 10.9 Å². The van der Waals surface area contributed by atoms with Gasteiger partial charge in [-0.2, -0.15) is 13.2 Å². The molecule has 0 amide bonds. The van der Waals surface area contributed by atoms with Crippen molar-refractivity contribution in [3.05, 3.63) is 65.9 Å². The lowest BCUT2D eigenvalue weighted by Crippen LogP contribution is -2.32. The van der Waals surface area contributed by atoms with Gasteiger partial charge in [0.1, 0.15) is 5.75 Å². The molecule has 0 radical (unpaired) electrons. The van der Waals surface area contributed by atoms with Crippen LogP contribution in [0.5, 0.6) is 5.75 Å². The third-order valence-electron chi connectivity index (χ3n) is 5.35. The maximum absolute atomic E-state index is 12.3. The van der Waals surface area contributed by atoms with Crippen LogP contribution in [-0.4, -0.2) is 35.8 Å². The van der Waals surface area contributed by atoms with Crippen molar-refractivity contribution in [3.63, 3.8) is 0 Å². The van der Waals surface area contributed by atoms with Gasteiger partial charge in [-0.15, -0.1) is 0 Å². The van der Waals surface area contributed by atoms with E-state index >= 15 is 0 Å². The van der Waals surface area contributed by atoms with E-state index in [-0.39, 0.29) is 5.75 Å². The molecule has 2 heterocycles. The first-order chi connectivity index (χ1) is 13.5. The molecule has 0 bridgehead atoms. The molecule has 1 aromatic heterocycles. The van der Waals surface area contributed by atoms with E-state index in [1.807, 2.05) is 12.3 Å². The largest absolute Gasteiger partial charge is 0.484 e. The number of hydrogen-bond acceptors (Lipinski definition) is 2. The summed E-state index contributed by atoms with van der Waals surface area (Å²) in [6, 6.07) is 15.7. The summed E-state index contributed by atoms with van der Waals surface area (Å²) in [4.78, 5) is 5.63. The van der Waals surface area contributed by atoms with Crippen LogP contribution in [0.15, 0.2) is 54.7 Å². The van der Waals surface area contributed by atoms with Gasteiger partial charge < -0.3 is 9.72 Å². The van der Waals surface area contributed by atoms with Gasteiger partial charge >= 0.3 is 6.18 Å². The summed E-state index contributed by atoms with van der Waals surface area (Å²) in [5.41, 5.74) is 3.53. The quantitative estimate of drug-likeness (QED) is 0.626. The molecule has 3 nitrogen and oxygen atoms in total. The van der Waals surface area contributed by atoms with Crippen LogP contribution in [-0.2, 0) is 6.54 Å². The molecular formula is C22H23F3N2O. The number of H-pyrrole nitrogens is 1. The van der Waals surface area contributed by atoms with E-state index in [4.69, 9.17) is 4.74 Å². The summed E-state index contributed by atoms with van der Waals surface area (Å²) >= 11 is 0. The van der Waals surface area contributed by atoms with E-state index in [0.29, 0.717) is 5.92 Å². The van der Waals surface area contributed by atoms with Crippen molar-refractivity contribution in [1.82, 2.24) is 9.88 Å². The monoisotopic (exact) mass is 388 g/mol. The van der Waals surface area contributed by atoms with Crippen LogP contribution in [0.3, 0.4) is 0 Å². The van der Waals surface area contributed by atoms with Crippen LogP contribution in [0.1, 0.15) is 29.9 Å². The zero-order valence-electron chi connectivity index (χ0n) is 15.5. The average Bonchev–Trinajstić information content (AvgIpc) is 3.15. The molecule has 0 unspecified atom stereocenters. The maximum atomic E-state index is 12.3. The normalized spacial score (nSPS) is 16.5. The minimum Gasteiger partial charge on any atom is -0.484 e. The fraction of sp³-hybridized carbons (Fsp3) is 0.364. The molecule has 1 fully saturated rings. The van der Waals surface area contributed by atoms with Crippen LogP contribution in [0.25, 0.3) is 10.9 Å². The van der Waals surface area contributed by atoms with Crippen LogP contribution in [0, 0.1) is 0 Å². The van der Waals surface area contributed by atoms with E-state index in [2.05, 4.69) is 34.1 Å². The van der Waals surface area contributed by atoms with Gasteiger partial charge in [0.25, 0.3) is 0 Å². The van der Waals surface area contributed by atoms with Crippen LogP contribution >= 0.6 is 0 Å². The van der Waals surface area contributed by atoms with E-state index in [1.165, 1.54) is 16.5 Å². The minimum absolute atomic E-state index is 0.268. The highest BCUT2D eigenvalue weighted by Crippen LogP contribution is 2.30. The second kappa shape index (κ2) is 7.87. The Hall–Kier alpha value is -2.47. The Kier molecular flexibility index (Phi) is 5.31. The van der Waals surface area contributed by atoms with Crippen molar-refractivity contribution in [2.75, 3.05) is 19.7 Å². The van der Waals surface area contributed by atoms with Gasteiger partial charge in [0.15, 0.2) is 6.61 Å². The third kappa shape index (κ3) is 4.68. The minimum atomic E-state index is -4.32. The van der Waals surface area contributed by atoms with Crippen molar-refractivity contribution in [2.24, 2.45) is 0 Å². The predicted molar refractivity (Wildman–Crippen MR) is 104 cm³/mol. The lowest BCUT2D eigenvalue weighted by molar-refractivity contribution is -0.153. The van der Waals surface area contributed by atoms with Crippen molar-refractivity contribution in [3.8, 4) is 5.75 Å². The number of piperidine rings is 1. The van der Waals surface area contributed by atoms with E-state index in [0.717, 1.165) is 38.0 Å². The fourth-order valence-corrected chi connectivity index (χ4v) is 3.90. The zero-order chi connectivity index (χ0) is 19.6.